The summed E-state index contributed by atoms with van der Waals surface area (Å²) in [5.41, 5.74) is 7.44. The monoisotopic (exact) mass is 314 g/mol. The van der Waals surface area contributed by atoms with Crippen LogP contribution in [-0.2, 0) is 0 Å². The normalized spacial score (nSPS) is 10.6. The van der Waals surface area contributed by atoms with Crippen LogP contribution in [0.15, 0.2) is 59.5 Å². The molecular formula is C14H11BrN4. The summed E-state index contributed by atoms with van der Waals surface area (Å²) < 4.78 is 2.89. The summed E-state index contributed by atoms with van der Waals surface area (Å²) >= 11 is 3.38. The third-order valence-electron chi connectivity index (χ3n) is 2.77. The van der Waals surface area contributed by atoms with E-state index < -0.39 is 0 Å². The van der Waals surface area contributed by atoms with Gasteiger partial charge in [0.2, 0.25) is 0 Å². The highest BCUT2D eigenvalue weighted by atomic mass is 79.9. The van der Waals surface area contributed by atoms with Crippen molar-refractivity contribution < 1.29 is 0 Å². The third-order valence-corrected chi connectivity index (χ3v) is 3.24. The molecule has 3 rings (SSSR count). The number of aromatic nitrogens is 3. The smallest absolute Gasteiger partial charge is 0.145 e. The van der Waals surface area contributed by atoms with Gasteiger partial charge in [0.05, 0.1) is 0 Å². The van der Waals surface area contributed by atoms with Gasteiger partial charge in [-0.15, -0.1) is 0 Å². The van der Waals surface area contributed by atoms with E-state index in [-0.39, 0.29) is 0 Å². The SMILES string of the molecule is Nc1ccc(-c2nccn2-c2ccc(Br)cn2)cc1. The van der Waals surface area contributed by atoms with E-state index in [9.17, 15) is 0 Å². The van der Waals surface area contributed by atoms with Crippen LogP contribution in [0, 0.1) is 0 Å². The average Bonchev–Trinajstić information content (AvgIpc) is 2.90. The van der Waals surface area contributed by atoms with Crippen LogP contribution in [0.3, 0.4) is 0 Å². The van der Waals surface area contributed by atoms with Crippen molar-refractivity contribution in [3.63, 3.8) is 0 Å². The van der Waals surface area contributed by atoms with Crippen LogP contribution in [0.5, 0.6) is 0 Å². The van der Waals surface area contributed by atoms with E-state index in [4.69, 9.17) is 5.73 Å². The Kier molecular flexibility index (Phi) is 3.05. The van der Waals surface area contributed by atoms with Crippen molar-refractivity contribution in [1.29, 1.82) is 0 Å². The Balaban J connectivity index is 2.07. The van der Waals surface area contributed by atoms with Crippen molar-refractivity contribution in [1.82, 2.24) is 14.5 Å². The van der Waals surface area contributed by atoms with E-state index in [2.05, 4.69) is 25.9 Å². The van der Waals surface area contributed by atoms with E-state index in [0.29, 0.717) is 0 Å². The second-order valence-corrected chi connectivity index (χ2v) is 4.99. The summed E-state index contributed by atoms with van der Waals surface area (Å²) in [5.74, 6) is 1.67. The number of nitrogens with two attached hydrogens (primary N) is 1. The van der Waals surface area contributed by atoms with Gasteiger partial charge in [0.1, 0.15) is 11.6 Å². The Morgan fingerprint density at radius 2 is 1.79 bits per heavy atom. The van der Waals surface area contributed by atoms with Crippen LogP contribution in [-0.4, -0.2) is 14.5 Å². The molecule has 0 saturated carbocycles. The number of hydrogen-bond acceptors (Lipinski definition) is 3. The predicted octanol–water partition coefficient (Wildman–Crippen LogP) is 3.28. The van der Waals surface area contributed by atoms with Gasteiger partial charge < -0.3 is 5.73 Å². The molecule has 1 aromatic carbocycles. The van der Waals surface area contributed by atoms with Crippen LogP contribution in [0.2, 0.25) is 0 Å². The Morgan fingerprint density at radius 3 is 2.47 bits per heavy atom. The van der Waals surface area contributed by atoms with Crippen LogP contribution in [0.1, 0.15) is 0 Å². The Morgan fingerprint density at radius 1 is 1.00 bits per heavy atom. The maximum absolute atomic E-state index is 5.70. The summed E-state index contributed by atoms with van der Waals surface area (Å²) in [7, 11) is 0. The summed E-state index contributed by atoms with van der Waals surface area (Å²) in [5, 5.41) is 0. The van der Waals surface area contributed by atoms with Crippen LogP contribution in [0.4, 0.5) is 5.69 Å². The molecule has 0 unspecified atom stereocenters. The number of nitrogen functional groups attached to an aromatic ring is 1. The number of anilines is 1. The fraction of sp³-hybridized carbons (Fsp3) is 0. The molecule has 0 radical (unpaired) electrons. The van der Waals surface area contributed by atoms with Crippen molar-refractivity contribution in [2.24, 2.45) is 0 Å². The Hall–Kier alpha value is -2.14. The highest BCUT2D eigenvalue weighted by molar-refractivity contribution is 9.10. The summed E-state index contributed by atoms with van der Waals surface area (Å²) in [6, 6.07) is 11.5. The van der Waals surface area contributed by atoms with Crippen molar-refractivity contribution >= 4 is 21.6 Å². The first-order valence-corrected chi connectivity index (χ1v) is 6.54. The molecule has 0 spiro atoms. The second-order valence-electron chi connectivity index (χ2n) is 4.08. The lowest BCUT2D eigenvalue weighted by atomic mass is 10.2. The molecule has 94 valence electrons. The molecule has 0 fully saturated rings. The molecule has 0 aliphatic carbocycles. The highest BCUT2D eigenvalue weighted by Gasteiger charge is 2.08. The number of halogens is 1. The van der Waals surface area contributed by atoms with Crippen molar-refractivity contribution in [3.8, 4) is 17.2 Å². The molecular weight excluding hydrogens is 304 g/mol. The van der Waals surface area contributed by atoms with Gasteiger partial charge in [-0.25, -0.2) is 9.97 Å². The molecule has 0 aliphatic rings. The maximum Gasteiger partial charge on any atom is 0.145 e. The third kappa shape index (κ3) is 2.37. The van der Waals surface area contributed by atoms with Crippen LogP contribution >= 0.6 is 15.9 Å². The maximum atomic E-state index is 5.70. The zero-order valence-corrected chi connectivity index (χ0v) is 11.6. The molecule has 0 amide bonds. The first kappa shape index (κ1) is 11.9. The lowest BCUT2D eigenvalue weighted by molar-refractivity contribution is 1.000. The molecule has 19 heavy (non-hydrogen) atoms. The van der Waals surface area contributed by atoms with Gasteiger partial charge >= 0.3 is 0 Å². The Labute approximate surface area is 119 Å². The topological polar surface area (TPSA) is 56.7 Å². The minimum atomic E-state index is 0.739. The molecule has 4 nitrogen and oxygen atoms in total. The molecule has 2 aromatic heterocycles. The quantitative estimate of drug-likeness (QED) is 0.738. The first-order valence-electron chi connectivity index (χ1n) is 5.75. The standard InChI is InChI=1S/C14H11BrN4/c15-11-3-6-13(18-9-11)19-8-7-17-14(19)10-1-4-12(16)5-2-10/h1-9H,16H2. The van der Waals surface area contributed by atoms with Gasteiger partial charge in [0, 0.05) is 34.3 Å². The van der Waals surface area contributed by atoms with E-state index in [1.165, 1.54) is 0 Å². The number of rotatable bonds is 2. The van der Waals surface area contributed by atoms with E-state index in [1.807, 2.05) is 47.2 Å². The van der Waals surface area contributed by atoms with Gasteiger partial charge in [-0.1, -0.05) is 0 Å². The minimum Gasteiger partial charge on any atom is -0.399 e. The fourth-order valence-electron chi connectivity index (χ4n) is 1.84. The lowest BCUT2D eigenvalue weighted by Gasteiger charge is -2.07. The van der Waals surface area contributed by atoms with Crippen molar-refractivity contribution in [2.75, 3.05) is 5.73 Å². The summed E-state index contributed by atoms with van der Waals surface area (Å²) in [6.07, 6.45) is 5.42. The van der Waals surface area contributed by atoms with Gasteiger partial charge in [0.15, 0.2) is 0 Å². The van der Waals surface area contributed by atoms with E-state index >= 15 is 0 Å². The molecule has 2 heterocycles. The molecule has 3 aromatic rings. The molecule has 0 bridgehead atoms. The fourth-order valence-corrected chi connectivity index (χ4v) is 2.08. The van der Waals surface area contributed by atoms with Crippen LogP contribution in [0.25, 0.3) is 17.2 Å². The number of pyridine rings is 1. The van der Waals surface area contributed by atoms with Crippen LogP contribution < -0.4 is 5.73 Å². The summed E-state index contributed by atoms with van der Waals surface area (Å²) in [6.45, 7) is 0. The Bertz CT molecular complexity index is 626. The van der Waals surface area contributed by atoms with Gasteiger partial charge in [-0.2, -0.15) is 0 Å². The zero-order chi connectivity index (χ0) is 13.2. The molecule has 2 N–H and O–H groups in total. The van der Waals surface area contributed by atoms with Gasteiger partial charge in [0.25, 0.3) is 0 Å². The number of hydrogen-bond donors (Lipinski definition) is 1. The van der Waals surface area contributed by atoms with Crippen molar-refractivity contribution in [3.05, 3.63) is 59.5 Å². The predicted molar refractivity (Wildman–Crippen MR) is 78.9 cm³/mol. The number of benzene rings is 1. The zero-order valence-electron chi connectivity index (χ0n) is 9.99. The lowest BCUT2D eigenvalue weighted by Crippen LogP contribution is -1.98. The largest absolute Gasteiger partial charge is 0.399 e. The first-order chi connectivity index (χ1) is 9.24. The van der Waals surface area contributed by atoms with Crippen molar-refractivity contribution in [2.45, 2.75) is 0 Å². The minimum absolute atomic E-state index is 0.739. The van der Waals surface area contributed by atoms with Gasteiger partial charge in [-0.05, 0) is 52.3 Å². The van der Waals surface area contributed by atoms with E-state index in [0.717, 1.165) is 27.4 Å². The molecule has 0 saturated heterocycles. The molecule has 0 aliphatic heterocycles. The van der Waals surface area contributed by atoms with Gasteiger partial charge in [-0.3, -0.25) is 4.57 Å². The molecule has 5 heteroatoms. The second kappa shape index (κ2) is 4.85. The summed E-state index contributed by atoms with van der Waals surface area (Å²) in [4.78, 5) is 8.76. The number of imidazole rings is 1. The molecule has 0 atom stereocenters. The number of nitrogens with zero attached hydrogens (tertiary/aromatic N) is 3. The average molecular weight is 315 g/mol. The van der Waals surface area contributed by atoms with E-state index in [1.54, 1.807) is 12.4 Å². The highest BCUT2D eigenvalue weighted by Crippen LogP contribution is 2.22.